The van der Waals surface area contributed by atoms with Gasteiger partial charge in [0.15, 0.2) is 0 Å². The molecule has 152 valence electrons. The number of nitrogens with zero attached hydrogens (tertiary/aromatic N) is 1. The Morgan fingerprint density at radius 3 is 2.70 bits per heavy atom. The van der Waals surface area contributed by atoms with Crippen LogP contribution in [0, 0.1) is 0 Å². The number of benzene rings is 3. The molecule has 4 rings (SSSR count). The van der Waals surface area contributed by atoms with Crippen LogP contribution in [0.3, 0.4) is 0 Å². The molecule has 0 spiro atoms. The van der Waals surface area contributed by atoms with Crippen LogP contribution < -0.4 is 21.5 Å². The Bertz CT molecular complexity index is 1120. The van der Waals surface area contributed by atoms with Gasteiger partial charge in [-0.1, -0.05) is 36.4 Å². The predicted octanol–water partition coefficient (Wildman–Crippen LogP) is 3.01. The Morgan fingerprint density at radius 1 is 1.10 bits per heavy atom. The van der Waals surface area contributed by atoms with Gasteiger partial charge >= 0.3 is 0 Å². The first-order chi connectivity index (χ1) is 14.6. The SMILES string of the molecule is COc1cccc(C(CN)NC(=O)c2cccc(-c3ccc4c(c3)C(N)=NC4)c2)c1. The molecule has 0 aliphatic carbocycles. The number of carbonyl (C=O) groups excluding carboxylic acids is 1. The van der Waals surface area contributed by atoms with Gasteiger partial charge in [0.2, 0.25) is 0 Å². The minimum atomic E-state index is -0.313. The summed E-state index contributed by atoms with van der Waals surface area (Å²) in [7, 11) is 1.61. The number of amides is 1. The average molecular weight is 400 g/mol. The fourth-order valence-corrected chi connectivity index (χ4v) is 3.61. The fraction of sp³-hybridized carbons (Fsp3) is 0.167. The molecule has 5 N–H and O–H groups in total. The van der Waals surface area contributed by atoms with Gasteiger partial charge in [0.25, 0.3) is 5.91 Å². The summed E-state index contributed by atoms with van der Waals surface area (Å²) in [5, 5.41) is 3.02. The molecule has 0 radical (unpaired) electrons. The van der Waals surface area contributed by atoms with E-state index in [0.717, 1.165) is 33.6 Å². The topological polar surface area (TPSA) is 103 Å². The molecule has 6 heteroatoms. The molecule has 1 atom stereocenters. The lowest BCUT2D eigenvalue weighted by Crippen LogP contribution is -2.33. The van der Waals surface area contributed by atoms with E-state index in [4.69, 9.17) is 16.2 Å². The molecule has 0 saturated carbocycles. The Hall–Kier alpha value is -3.64. The molecule has 1 aliphatic rings. The van der Waals surface area contributed by atoms with Crippen molar-refractivity contribution in [3.8, 4) is 16.9 Å². The standard InChI is InChI=1S/C24H24N4O2/c1-30-20-7-3-5-17(11-20)22(13-25)28-24(29)18-6-2-4-15(10-18)16-8-9-19-14-27-23(26)21(19)12-16/h2-12,22H,13-14,25H2,1H3,(H2,26,27)(H,28,29). The summed E-state index contributed by atoms with van der Waals surface area (Å²) in [4.78, 5) is 17.2. The van der Waals surface area contributed by atoms with Crippen LogP contribution in [0.15, 0.2) is 71.7 Å². The molecular formula is C24H24N4O2. The smallest absolute Gasteiger partial charge is 0.251 e. The lowest BCUT2D eigenvalue weighted by Gasteiger charge is -2.18. The number of nitrogens with two attached hydrogens (primary N) is 2. The summed E-state index contributed by atoms with van der Waals surface area (Å²) in [5.41, 5.74) is 17.4. The van der Waals surface area contributed by atoms with Crippen LogP contribution in [-0.2, 0) is 6.54 Å². The molecule has 1 heterocycles. The van der Waals surface area contributed by atoms with Crippen molar-refractivity contribution in [2.45, 2.75) is 12.6 Å². The third kappa shape index (κ3) is 3.90. The molecule has 0 bridgehead atoms. The number of fused-ring (bicyclic) bond motifs is 1. The van der Waals surface area contributed by atoms with Crippen LogP contribution in [0.4, 0.5) is 0 Å². The second-order valence-corrected chi connectivity index (χ2v) is 7.19. The zero-order valence-corrected chi connectivity index (χ0v) is 16.8. The van der Waals surface area contributed by atoms with E-state index in [9.17, 15) is 4.79 Å². The number of hydrogen-bond donors (Lipinski definition) is 3. The highest BCUT2D eigenvalue weighted by Crippen LogP contribution is 2.26. The van der Waals surface area contributed by atoms with Crippen LogP contribution in [0.1, 0.15) is 33.1 Å². The maximum atomic E-state index is 12.9. The second kappa shape index (κ2) is 8.39. The summed E-state index contributed by atoms with van der Waals surface area (Å²) in [5.74, 6) is 1.10. The molecule has 1 aliphatic heterocycles. The number of rotatable bonds is 6. The van der Waals surface area contributed by atoms with Crippen molar-refractivity contribution in [3.63, 3.8) is 0 Å². The second-order valence-electron chi connectivity index (χ2n) is 7.19. The molecular weight excluding hydrogens is 376 g/mol. The van der Waals surface area contributed by atoms with Crippen LogP contribution >= 0.6 is 0 Å². The van der Waals surface area contributed by atoms with Gasteiger partial charge in [-0.05, 0) is 52.6 Å². The number of amidine groups is 1. The number of hydrogen-bond acceptors (Lipinski definition) is 5. The van der Waals surface area contributed by atoms with Gasteiger partial charge in [-0.2, -0.15) is 0 Å². The van der Waals surface area contributed by atoms with E-state index in [2.05, 4.69) is 10.3 Å². The Kier molecular flexibility index (Phi) is 5.50. The number of nitrogens with one attached hydrogen (secondary N) is 1. The zero-order chi connectivity index (χ0) is 21.1. The quantitative estimate of drug-likeness (QED) is 0.592. The van der Waals surface area contributed by atoms with Gasteiger partial charge in [0, 0.05) is 17.7 Å². The van der Waals surface area contributed by atoms with E-state index < -0.39 is 0 Å². The first-order valence-corrected chi connectivity index (χ1v) is 9.77. The van der Waals surface area contributed by atoms with Crippen molar-refractivity contribution < 1.29 is 9.53 Å². The van der Waals surface area contributed by atoms with Gasteiger partial charge in [-0.15, -0.1) is 0 Å². The normalized spacial score (nSPS) is 13.3. The maximum Gasteiger partial charge on any atom is 0.251 e. The summed E-state index contributed by atoms with van der Waals surface area (Å²) in [6.45, 7) is 0.899. The number of aliphatic imine (C=N–C) groups is 1. The molecule has 6 nitrogen and oxygen atoms in total. The van der Waals surface area contributed by atoms with Crippen LogP contribution in [0.2, 0.25) is 0 Å². The van der Waals surface area contributed by atoms with Crippen LogP contribution in [0.25, 0.3) is 11.1 Å². The molecule has 3 aromatic carbocycles. The van der Waals surface area contributed by atoms with Crippen LogP contribution in [0.5, 0.6) is 5.75 Å². The fourth-order valence-electron chi connectivity index (χ4n) is 3.61. The van der Waals surface area contributed by atoms with Crippen molar-refractivity contribution in [1.29, 1.82) is 0 Å². The van der Waals surface area contributed by atoms with Gasteiger partial charge in [0.1, 0.15) is 11.6 Å². The van der Waals surface area contributed by atoms with E-state index in [1.54, 1.807) is 13.2 Å². The molecule has 0 fully saturated rings. The first kappa shape index (κ1) is 19.7. The molecule has 1 unspecified atom stereocenters. The lowest BCUT2D eigenvalue weighted by atomic mass is 9.98. The minimum absolute atomic E-state index is 0.183. The van der Waals surface area contributed by atoms with Crippen molar-refractivity contribution in [3.05, 3.63) is 89.0 Å². The summed E-state index contributed by atoms with van der Waals surface area (Å²) < 4.78 is 5.27. The highest BCUT2D eigenvalue weighted by molar-refractivity contribution is 6.02. The van der Waals surface area contributed by atoms with Crippen molar-refractivity contribution in [2.75, 3.05) is 13.7 Å². The third-order valence-corrected chi connectivity index (χ3v) is 5.30. The average Bonchev–Trinajstić information content (AvgIpc) is 3.17. The molecule has 0 saturated heterocycles. The van der Waals surface area contributed by atoms with Gasteiger partial charge in [-0.25, -0.2) is 0 Å². The predicted molar refractivity (Wildman–Crippen MR) is 119 cm³/mol. The molecule has 30 heavy (non-hydrogen) atoms. The molecule has 3 aromatic rings. The van der Waals surface area contributed by atoms with E-state index in [0.29, 0.717) is 17.9 Å². The number of methoxy groups -OCH3 is 1. The van der Waals surface area contributed by atoms with Gasteiger partial charge in [-0.3, -0.25) is 9.79 Å². The highest BCUT2D eigenvalue weighted by atomic mass is 16.5. The van der Waals surface area contributed by atoms with Crippen molar-refractivity contribution in [1.82, 2.24) is 5.32 Å². The minimum Gasteiger partial charge on any atom is -0.497 e. The first-order valence-electron chi connectivity index (χ1n) is 9.77. The Morgan fingerprint density at radius 2 is 1.90 bits per heavy atom. The zero-order valence-electron chi connectivity index (χ0n) is 16.8. The largest absolute Gasteiger partial charge is 0.497 e. The third-order valence-electron chi connectivity index (χ3n) is 5.30. The monoisotopic (exact) mass is 400 g/mol. The summed E-state index contributed by atoms with van der Waals surface area (Å²) >= 11 is 0. The Labute approximate surface area is 175 Å². The Balaban J connectivity index is 1.57. The van der Waals surface area contributed by atoms with Crippen molar-refractivity contribution in [2.24, 2.45) is 16.5 Å². The van der Waals surface area contributed by atoms with Gasteiger partial charge in [0.05, 0.1) is 19.7 Å². The maximum absolute atomic E-state index is 12.9. The van der Waals surface area contributed by atoms with E-state index in [-0.39, 0.29) is 18.5 Å². The van der Waals surface area contributed by atoms with E-state index >= 15 is 0 Å². The summed E-state index contributed by atoms with van der Waals surface area (Å²) in [6.07, 6.45) is 0. The van der Waals surface area contributed by atoms with Gasteiger partial charge < -0.3 is 21.5 Å². The number of ether oxygens (including phenoxy) is 1. The van der Waals surface area contributed by atoms with E-state index in [1.165, 1.54) is 0 Å². The summed E-state index contributed by atoms with van der Waals surface area (Å²) in [6, 6.07) is 20.8. The highest BCUT2D eigenvalue weighted by Gasteiger charge is 2.17. The number of carbonyl (C=O) groups is 1. The van der Waals surface area contributed by atoms with Crippen LogP contribution in [-0.4, -0.2) is 25.4 Å². The van der Waals surface area contributed by atoms with Crippen molar-refractivity contribution >= 4 is 11.7 Å². The molecule has 0 aromatic heterocycles. The molecule has 1 amide bonds. The lowest BCUT2D eigenvalue weighted by molar-refractivity contribution is 0.0938. The van der Waals surface area contributed by atoms with E-state index in [1.807, 2.05) is 60.7 Å².